The number of thiophene rings is 1. The van der Waals surface area contributed by atoms with Crippen LogP contribution in [0.5, 0.6) is 0 Å². The van der Waals surface area contributed by atoms with Gasteiger partial charge in [0.05, 0.1) is 39.1 Å². The average Bonchev–Trinajstić information content (AvgIpc) is 3.54. The summed E-state index contributed by atoms with van der Waals surface area (Å²) < 4.78 is 0. The SMILES string of the molecule is Clc1cccc(Cl)c1-c1[nH]c2c[nH+]c(NCc3ccc(-c4ccccn4)s3)nc2c1C[C@@H]1CCCNC1. The third-order valence-electron chi connectivity index (χ3n) is 6.79. The zero-order chi connectivity index (χ0) is 25.2. The Morgan fingerprint density at radius 3 is 2.76 bits per heavy atom. The van der Waals surface area contributed by atoms with Crippen molar-refractivity contribution in [1.29, 1.82) is 0 Å². The molecule has 1 fully saturated rings. The molecule has 1 aliphatic rings. The van der Waals surface area contributed by atoms with E-state index in [2.05, 4.69) is 37.7 Å². The molecule has 0 unspecified atom stereocenters. The van der Waals surface area contributed by atoms with Crippen LogP contribution in [0.1, 0.15) is 23.3 Å². The first-order chi connectivity index (χ1) is 18.2. The van der Waals surface area contributed by atoms with Crippen molar-refractivity contribution in [1.82, 2.24) is 20.3 Å². The second kappa shape index (κ2) is 10.8. The Balaban J connectivity index is 1.31. The molecule has 0 saturated carbocycles. The number of nitrogens with one attached hydrogen (secondary N) is 4. The molecule has 1 aromatic carbocycles. The highest BCUT2D eigenvalue weighted by Gasteiger charge is 2.25. The summed E-state index contributed by atoms with van der Waals surface area (Å²) in [6, 6.07) is 15.9. The molecule has 1 aliphatic heterocycles. The second-order valence-electron chi connectivity index (χ2n) is 9.34. The van der Waals surface area contributed by atoms with E-state index in [1.165, 1.54) is 17.7 Å². The fourth-order valence-electron chi connectivity index (χ4n) is 4.98. The van der Waals surface area contributed by atoms with Crippen molar-refractivity contribution >= 4 is 51.5 Å². The molecule has 6 rings (SSSR count). The molecule has 4 aromatic heterocycles. The van der Waals surface area contributed by atoms with Gasteiger partial charge in [0.25, 0.3) is 0 Å². The summed E-state index contributed by atoms with van der Waals surface area (Å²) in [6.45, 7) is 2.76. The number of anilines is 1. The molecule has 1 saturated heterocycles. The molecule has 5 heterocycles. The number of rotatable bonds is 7. The minimum atomic E-state index is 0.534. The summed E-state index contributed by atoms with van der Waals surface area (Å²) >= 11 is 15.0. The van der Waals surface area contributed by atoms with Crippen LogP contribution in [0.3, 0.4) is 0 Å². The molecule has 0 spiro atoms. The van der Waals surface area contributed by atoms with Crippen molar-refractivity contribution in [2.24, 2.45) is 5.92 Å². The van der Waals surface area contributed by atoms with Crippen molar-refractivity contribution in [3.8, 4) is 21.8 Å². The van der Waals surface area contributed by atoms with E-state index in [4.69, 9.17) is 28.2 Å². The highest BCUT2D eigenvalue weighted by Crippen LogP contribution is 2.39. The van der Waals surface area contributed by atoms with Crippen LogP contribution in [0.15, 0.2) is 60.9 Å². The van der Waals surface area contributed by atoms with E-state index in [1.54, 1.807) is 11.3 Å². The number of fused-ring (bicyclic) bond motifs is 1. The summed E-state index contributed by atoms with van der Waals surface area (Å²) in [4.78, 5) is 18.7. The minimum Gasteiger partial charge on any atom is -0.349 e. The van der Waals surface area contributed by atoms with Crippen LogP contribution >= 0.6 is 34.5 Å². The average molecular weight is 551 g/mol. The van der Waals surface area contributed by atoms with Crippen LogP contribution < -0.4 is 15.6 Å². The predicted octanol–water partition coefficient (Wildman–Crippen LogP) is 6.63. The molecule has 188 valence electrons. The van der Waals surface area contributed by atoms with Crippen molar-refractivity contribution in [3.05, 3.63) is 81.4 Å². The molecule has 9 heteroatoms. The smallest absolute Gasteiger partial charge is 0.349 e. The first-order valence-corrected chi connectivity index (χ1v) is 14.1. The van der Waals surface area contributed by atoms with Gasteiger partial charge < -0.3 is 10.3 Å². The lowest BCUT2D eigenvalue weighted by molar-refractivity contribution is -0.363. The molecular formula is C28H27Cl2N6S+. The number of aromatic nitrogens is 4. The van der Waals surface area contributed by atoms with Crippen molar-refractivity contribution in [2.75, 3.05) is 18.4 Å². The molecule has 0 bridgehead atoms. The second-order valence-corrected chi connectivity index (χ2v) is 11.3. The number of H-pyrrole nitrogens is 2. The van der Waals surface area contributed by atoms with E-state index in [0.717, 1.165) is 63.9 Å². The van der Waals surface area contributed by atoms with Gasteiger partial charge in [-0.2, -0.15) is 0 Å². The fourth-order valence-corrected chi connectivity index (χ4v) is 6.49. The van der Waals surface area contributed by atoms with Gasteiger partial charge in [-0.25, -0.2) is 4.98 Å². The van der Waals surface area contributed by atoms with E-state index >= 15 is 0 Å². The maximum atomic E-state index is 6.64. The van der Waals surface area contributed by atoms with Gasteiger partial charge in [-0.3, -0.25) is 10.3 Å². The van der Waals surface area contributed by atoms with E-state index in [-0.39, 0.29) is 0 Å². The highest BCUT2D eigenvalue weighted by atomic mass is 35.5. The molecule has 5 aromatic rings. The maximum Gasteiger partial charge on any atom is 0.390 e. The molecule has 4 N–H and O–H groups in total. The Hall–Kier alpha value is -2.97. The van der Waals surface area contributed by atoms with Gasteiger partial charge in [-0.15, -0.1) is 11.3 Å². The van der Waals surface area contributed by atoms with Crippen LogP contribution in [0.25, 0.3) is 32.9 Å². The summed E-state index contributed by atoms with van der Waals surface area (Å²) in [5.41, 5.74) is 5.81. The largest absolute Gasteiger partial charge is 0.390 e. The lowest BCUT2D eigenvalue weighted by Gasteiger charge is -2.22. The zero-order valence-corrected chi connectivity index (χ0v) is 22.5. The number of benzene rings is 1. The molecule has 6 nitrogen and oxygen atoms in total. The molecule has 37 heavy (non-hydrogen) atoms. The Kier molecular flexibility index (Phi) is 7.11. The number of aromatic amines is 2. The van der Waals surface area contributed by atoms with Gasteiger partial charge in [-0.05, 0) is 74.7 Å². The van der Waals surface area contributed by atoms with Crippen LogP contribution in [-0.4, -0.2) is 28.0 Å². The van der Waals surface area contributed by atoms with E-state index < -0.39 is 0 Å². The van der Waals surface area contributed by atoms with Crippen LogP contribution in [0.4, 0.5) is 5.95 Å². The van der Waals surface area contributed by atoms with E-state index in [9.17, 15) is 0 Å². The third-order valence-corrected chi connectivity index (χ3v) is 8.53. The number of piperidine rings is 1. The monoisotopic (exact) mass is 549 g/mol. The Bertz CT molecular complexity index is 1500. The van der Waals surface area contributed by atoms with Crippen LogP contribution in [-0.2, 0) is 13.0 Å². The lowest BCUT2D eigenvalue weighted by Crippen LogP contribution is -2.30. The standard InChI is InChI=1S/C28H26Cl2N6S/c29-20-6-3-7-21(30)25(20)27-19(13-17-5-4-11-31-14-17)26-23(35-27)16-34-28(36-26)33-15-18-9-10-24(37-18)22-8-1-2-12-32-22/h1-3,6-10,12,16-17,31,35H,4-5,11,13-15H2,(H,33,34,36)/p+1/t17-/m0/s1. The number of hydrogen-bond donors (Lipinski definition) is 3. The molecule has 1 atom stereocenters. The zero-order valence-electron chi connectivity index (χ0n) is 20.2. The van der Waals surface area contributed by atoms with Gasteiger partial charge in [0.1, 0.15) is 5.52 Å². The van der Waals surface area contributed by atoms with Gasteiger partial charge in [0, 0.05) is 22.2 Å². The molecule has 0 radical (unpaired) electrons. The van der Waals surface area contributed by atoms with Crippen molar-refractivity contribution in [2.45, 2.75) is 25.8 Å². The number of halogens is 2. The third kappa shape index (κ3) is 5.22. The summed E-state index contributed by atoms with van der Waals surface area (Å²) in [7, 11) is 0. The fraction of sp³-hybridized carbons (Fsp3) is 0.250. The van der Waals surface area contributed by atoms with Gasteiger partial charge in [-0.1, -0.05) is 40.3 Å². The van der Waals surface area contributed by atoms with Crippen LogP contribution in [0, 0.1) is 5.92 Å². The molecule has 0 amide bonds. The van der Waals surface area contributed by atoms with E-state index in [0.29, 0.717) is 22.5 Å². The van der Waals surface area contributed by atoms with Crippen molar-refractivity contribution in [3.63, 3.8) is 0 Å². The highest BCUT2D eigenvalue weighted by molar-refractivity contribution is 7.15. The quantitative estimate of drug-likeness (QED) is 0.213. The first kappa shape index (κ1) is 24.4. The van der Waals surface area contributed by atoms with Crippen molar-refractivity contribution < 1.29 is 4.98 Å². The predicted molar refractivity (Wildman–Crippen MR) is 152 cm³/mol. The Labute approximate surface area is 229 Å². The normalized spacial score (nSPS) is 15.8. The topological polar surface area (TPSA) is 79.8 Å². The number of nitrogens with zero attached hydrogens (tertiary/aromatic N) is 2. The maximum absolute atomic E-state index is 6.64. The van der Waals surface area contributed by atoms with Crippen LogP contribution in [0.2, 0.25) is 10.0 Å². The summed E-state index contributed by atoms with van der Waals surface area (Å²) in [5.74, 6) is 1.26. The molecular weight excluding hydrogens is 523 g/mol. The number of pyridine rings is 1. The molecule has 0 aliphatic carbocycles. The number of hydrogen-bond acceptors (Lipinski definition) is 5. The summed E-state index contributed by atoms with van der Waals surface area (Å²) in [5, 5.41) is 8.26. The summed E-state index contributed by atoms with van der Waals surface area (Å²) in [6.07, 6.45) is 7.07. The van der Waals surface area contributed by atoms with E-state index in [1.807, 2.05) is 48.8 Å². The van der Waals surface area contributed by atoms with Gasteiger partial charge >= 0.3 is 5.95 Å². The van der Waals surface area contributed by atoms with Gasteiger partial charge in [0.2, 0.25) is 0 Å². The van der Waals surface area contributed by atoms with Gasteiger partial charge in [0.15, 0.2) is 5.52 Å². The Morgan fingerprint density at radius 1 is 1.08 bits per heavy atom. The first-order valence-electron chi connectivity index (χ1n) is 12.5. The lowest BCUT2D eigenvalue weighted by atomic mass is 9.91. The minimum absolute atomic E-state index is 0.534. The Morgan fingerprint density at radius 2 is 1.97 bits per heavy atom.